The second-order valence-corrected chi connectivity index (χ2v) is 5.82. The van der Waals surface area contributed by atoms with Crippen LogP contribution in [0.1, 0.15) is 11.1 Å². The van der Waals surface area contributed by atoms with Gasteiger partial charge in [0.1, 0.15) is 6.26 Å². The third-order valence-electron chi connectivity index (χ3n) is 2.75. The Morgan fingerprint density at radius 2 is 1.26 bits per heavy atom. The van der Waals surface area contributed by atoms with Gasteiger partial charge in [0.15, 0.2) is 0 Å². The van der Waals surface area contributed by atoms with Crippen molar-refractivity contribution in [2.24, 2.45) is 0 Å². The Hall–Kier alpha value is -1.93. The molecule has 2 aromatic rings. The fraction of sp³-hybridized carbons (Fsp3) is 0.0667. The summed E-state index contributed by atoms with van der Waals surface area (Å²) in [6.07, 6.45) is 0.605. The topological polar surface area (TPSA) is 43.4 Å². The Balaban J connectivity index is 0.00000264. The Bertz CT molecular complexity index is 714. The SMILES string of the molecule is O=S(=O)(OC=C(c1ccccc1)c1ccccc1)C(F)(F)F.S. The number of alkyl halides is 3. The predicted molar refractivity (Wildman–Crippen MR) is 86.4 cm³/mol. The molecule has 0 aromatic heterocycles. The lowest BCUT2D eigenvalue weighted by atomic mass is 9.99. The Labute approximate surface area is 139 Å². The van der Waals surface area contributed by atoms with Gasteiger partial charge in [0, 0.05) is 5.57 Å². The van der Waals surface area contributed by atoms with Crippen molar-refractivity contribution in [1.29, 1.82) is 0 Å². The molecule has 8 heteroatoms. The molecule has 0 amide bonds. The van der Waals surface area contributed by atoms with E-state index in [4.69, 9.17) is 0 Å². The van der Waals surface area contributed by atoms with E-state index in [-0.39, 0.29) is 19.1 Å². The fourth-order valence-electron chi connectivity index (χ4n) is 1.70. The van der Waals surface area contributed by atoms with E-state index >= 15 is 0 Å². The molecule has 2 aromatic carbocycles. The molecule has 23 heavy (non-hydrogen) atoms. The van der Waals surface area contributed by atoms with Gasteiger partial charge in [0.05, 0.1) is 0 Å². The minimum absolute atomic E-state index is 0. The van der Waals surface area contributed by atoms with Crippen LogP contribution in [0, 0.1) is 0 Å². The molecule has 0 spiro atoms. The molecule has 0 aliphatic carbocycles. The Morgan fingerprint density at radius 1 is 0.870 bits per heavy atom. The summed E-state index contributed by atoms with van der Waals surface area (Å²) in [6, 6.07) is 16.8. The van der Waals surface area contributed by atoms with Crippen LogP contribution >= 0.6 is 13.5 Å². The van der Waals surface area contributed by atoms with Crippen molar-refractivity contribution >= 4 is 29.2 Å². The van der Waals surface area contributed by atoms with Crippen molar-refractivity contribution < 1.29 is 25.8 Å². The molecule has 2 rings (SSSR count). The molecule has 0 N–H and O–H groups in total. The van der Waals surface area contributed by atoms with E-state index in [0.29, 0.717) is 17.4 Å². The first-order chi connectivity index (χ1) is 10.3. The number of benzene rings is 2. The van der Waals surface area contributed by atoms with E-state index < -0.39 is 15.6 Å². The van der Waals surface area contributed by atoms with Crippen LogP contribution in [0.3, 0.4) is 0 Å². The van der Waals surface area contributed by atoms with E-state index in [1.165, 1.54) is 0 Å². The molecule has 0 saturated heterocycles. The van der Waals surface area contributed by atoms with Gasteiger partial charge in [0.25, 0.3) is 0 Å². The first-order valence-electron chi connectivity index (χ1n) is 6.12. The second kappa shape index (κ2) is 7.56. The van der Waals surface area contributed by atoms with Crippen LogP contribution < -0.4 is 0 Å². The van der Waals surface area contributed by atoms with Gasteiger partial charge in [-0.1, -0.05) is 60.7 Å². The van der Waals surface area contributed by atoms with Crippen LogP contribution in [0.4, 0.5) is 13.2 Å². The van der Waals surface area contributed by atoms with Gasteiger partial charge in [-0.05, 0) is 11.1 Å². The van der Waals surface area contributed by atoms with Crippen molar-refractivity contribution in [2.45, 2.75) is 5.51 Å². The minimum Gasteiger partial charge on any atom is -0.383 e. The van der Waals surface area contributed by atoms with Crippen molar-refractivity contribution in [3.05, 3.63) is 78.1 Å². The first-order valence-corrected chi connectivity index (χ1v) is 7.53. The average Bonchev–Trinajstić information content (AvgIpc) is 2.48. The second-order valence-electron chi connectivity index (χ2n) is 4.26. The molecule has 0 fully saturated rings. The maximum atomic E-state index is 12.3. The van der Waals surface area contributed by atoms with Crippen LogP contribution in [0.15, 0.2) is 66.9 Å². The number of halogens is 3. The van der Waals surface area contributed by atoms with Crippen molar-refractivity contribution in [1.82, 2.24) is 0 Å². The van der Waals surface area contributed by atoms with Crippen molar-refractivity contribution in [3.8, 4) is 0 Å². The summed E-state index contributed by atoms with van der Waals surface area (Å²) in [7, 11) is -5.69. The molecule has 0 saturated carbocycles. The number of hydrogen-bond donors (Lipinski definition) is 0. The first kappa shape index (κ1) is 19.1. The molecular weight excluding hydrogens is 349 g/mol. The van der Waals surface area contributed by atoms with E-state index in [0.717, 1.165) is 0 Å². The fourth-order valence-corrected chi connectivity index (χ4v) is 2.04. The summed E-state index contributed by atoms with van der Waals surface area (Å²) >= 11 is 0. The summed E-state index contributed by atoms with van der Waals surface area (Å²) < 4.78 is 63.1. The molecule has 3 nitrogen and oxygen atoms in total. The van der Waals surface area contributed by atoms with Crippen LogP contribution in [-0.2, 0) is 14.3 Å². The van der Waals surface area contributed by atoms with Gasteiger partial charge in [0.2, 0.25) is 0 Å². The monoisotopic (exact) mass is 362 g/mol. The van der Waals surface area contributed by atoms with Gasteiger partial charge >= 0.3 is 15.6 Å². The van der Waals surface area contributed by atoms with Gasteiger partial charge in [-0.15, -0.1) is 0 Å². The zero-order valence-electron chi connectivity index (χ0n) is 11.6. The molecular formula is C15H13F3O3S2. The minimum atomic E-state index is -5.69. The zero-order chi connectivity index (χ0) is 16.2. The van der Waals surface area contributed by atoms with Gasteiger partial charge in [-0.2, -0.15) is 35.1 Å². The Morgan fingerprint density at radius 3 is 1.61 bits per heavy atom. The van der Waals surface area contributed by atoms with E-state index in [1.54, 1.807) is 60.7 Å². The molecule has 0 aliphatic rings. The van der Waals surface area contributed by atoms with Gasteiger partial charge in [-0.3, -0.25) is 0 Å². The largest absolute Gasteiger partial charge is 0.534 e. The van der Waals surface area contributed by atoms with Gasteiger partial charge in [-0.25, -0.2) is 0 Å². The zero-order valence-corrected chi connectivity index (χ0v) is 13.4. The number of hydrogen-bond acceptors (Lipinski definition) is 3. The summed E-state index contributed by atoms with van der Waals surface area (Å²) in [5.74, 6) is 0. The summed E-state index contributed by atoms with van der Waals surface area (Å²) in [4.78, 5) is 0. The highest BCUT2D eigenvalue weighted by Crippen LogP contribution is 2.28. The molecule has 0 unspecified atom stereocenters. The average molecular weight is 362 g/mol. The van der Waals surface area contributed by atoms with Crippen molar-refractivity contribution in [2.75, 3.05) is 0 Å². The highest BCUT2D eigenvalue weighted by Gasteiger charge is 2.48. The van der Waals surface area contributed by atoms with Crippen LogP contribution in [-0.4, -0.2) is 13.9 Å². The van der Waals surface area contributed by atoms with E-state index in [2.05, 4.69) is 4.18 Å². The van der Waals surface area contributed by atoms with Crippen molar-refractivity contribution in [3.63, 3.8) is 0 Å². The molecule has 0 atom stereocenters. The van der Waals surface area contributed by atoms with Crippen LogP contribution in [0.25, 0.3) is 5.57 Å². The predicted octanol–water partition coefficient (Wildman–Crippen LogP) is 4.05. The lowest BCUT2D eigenvalue weighted by Gasteiger charge is -2.10. The lowest BCUT2D eigenvalue weighted by molar-refractivity contribution is -0.0514. The van der Waals surface area contributed by atoms with E-state index in [1.807, 2.05) is 0 Å². The van der Waals surface area contributed by atoms with E-state index in [9.17, 15) is 21.6 Å². The summed E-state index contributed by atoms with van der Waals surface area (Å²) in [6.45, 7) is 0. The van der Waals surface area contributed by atoms with Crippen LogP contribution in [0.5, 0.6) is 0 Å². The Kier molecular flexibility index (Phi) is 6.28. The molecule has 0 aliphatic heterocycles. The summed E-state index contributed by atoms with van der Waals surface area (Å²) in [5, 5.41) is 0. The third kappa shape index (κ3) is 4.77. The highest BCUT2D eigenvalue weighted by molar-refractivity contribution is 7.87. The lowest BCUT2D eigenvalue weighted by Crippen LogP contribution is -2.23. The molecule has 0 radical (unpaired) electrons. The maximum Gasteiger partial charge on any atom is 0.534 e. The molecule has 0 bridgehead atoms. The van der Waals surface area contributed by atoms with Crippen LogP contribution in [0.2, 0.25) is 0 Å². The van der Waals surface area contributed by atoms with Gasteiger partial charge < -0.3 is 4.18 Å². The maximum absolute atomic E-state index is 12.3. The third-order valence-corrected chi connectivity index (χ3v) is 3.66. The summed E-state index contributed by atoms with van der Waals surface area (Å²) in [5.41, 5.74) is -4.17. The quantitative estimate of drug-likeness (QED) is 0.468. The highest BCUT2D eigenvalue weighted by atomic mass is 32.2. The normalized spacial score (nSPS) is 11.3. The molecule has 0 heterocycles. The molecule has 124 valence electrons. The standard InChI is InChI=1S/C15H11F3O3S.H2S/c16-15(17,18)22(19,20)21-11-14(12-7-3-1-4-8-12)13-9-5-2-6-10-13;/h1-11H;1H2. The number of rotatable bonds is 4. The smallest absolute Gasteiger partial charge is 0.383 e.